The van der Waals surface area contributed by atoms with Crippen molar-refractivity contribution in [1.29, 1.82) is 0 Å². The molecule has 3 N–H and O–H groups in total. The Morgan fingerprint density at radius 3 is 2.39 bits per heavy atom. The van der Waals surface area contributed by atoms with E-state index in [0.717, 1.165) is 22.7 Å². The molecular formula is C15H23BrN2. The molecule has 1 aromatic carbocycles. The number of rotatable bonds is 4. The summed E-state index contributed by atoms with van der Waals surface area (Å²) in [6.45, 7) is 2.36. The van der Waals surface area contributed by atoms with E-state index >= 15 is 0 Å². The standard InChI is InChI=1S/C15H23BrN2/c1-11-2-6-13(7-3-11)15(18-17)10-12-4-8-14(16)9-5-12/h4-5,8-9,11,13,15,18H,2-3,6-7,10,17H2,1H3. The first-order valence-corrected chi connectivity index (χ1v) is 7.69. The smallest absolute Gasteiger partial charge is 0.0279 e. The predicted octanol–water partition coefficient (Wildman–Crippen LogP) is 3.65. The lowest BCUT2D eigenvalue weighted by molar-refractivity contribution is 0.229. The van der Waals surface area contributed by atoms with Gasteiger partial charge in [0.15, 0.2) is 0 Å². The highest BCUT2D eigenvalue weighted by molar-refractivity contribution is 9.10. The third-order valence-corrected chi connectivity index (χ3v) is 4.74. The molecular weight excluding hydrogens is 288 g/mol. The lowest BCUT2D eigenvalue weighted by atomic mass is 9.78. The predicted molar refractivity (Wildman–Crippen MR) is 80.1 cm³/mol. The van der Waals surface area contributed by atoms with Gasteiger partial charge in [0.2, 0.25) is 0 Å². The summed E-state index contributed by atoms with van der Waals surface area (Å²) >= 11 is 3.47. The third kappa shape index (κ3) is 3.81. The summed E-state index contributed by atoms with van der Waals surface area (Å²) in [7, 11) is 0. The van der Waals surface area contributed by atoms with E-state index in [1.807, 2.05) is 0 Å². The molecule has 0 bridgehead atoms. The van der Waals surface area contributed by atoms with Crippen molar-refractivity contribution in [2.75, 3.05) is 0 Å². The third-order valence-electron chi connectivity index (χ3n) is 4.21. The Morgan fingerprint density at radius 1 is 1.22 bits per heavy atom. The van der Waals surface area contributed by atoms with E-state index < -0.39 is 0 Å². The van der Waals surface area contributed by atoms with Gasteiger partial charge in [-0.3, -0.25) is 11.3 Å². The van der Waals surface area contributed by atoms with Crippen LogP contribution >= 0.6 is 15.9 Å². The molecule has 0 radical (unpaired) electrons. The highest BCUT2D eigenvalue weighted by Gasteiger charge is 2.25. The molecule has 0 aromatic heterocycles. The van der Waals surface area contributed by atoms with Crippen LogP contribution in [0, 0.1) is 11.8 Å². The van der Waals surface area contributed by atoms with Gasteiger partial charge in [0.25, 0.3) is 0 Å². The quantitative estimate of drug-likeness (QED) is 0.658. The topological polar surface area (TPSA) is 38.0 Å². The van der Waals surface area contributed by atoms with Crippen LogP contribution in [-0.2, 0) is 6.42 Å². The molecule has 2 nitrogen and oxygen atoms in total. The normalized spacial score (nSPS) is 25.9. The zero-order valence-electron chi connectivity index (χ0n) is 11.0. The van der Waals surface area contributed by atoms with Gasteiger partial charge in [-0.1, -0.05) is 47.8 Å². The van der Waals surface area contributed by atoms with E-state index in [4.69, 9.17) is 5.84 Å². The Morgan fingerprint density at radius 2 is 1.83 bits per heavy atom. The van der Waals surface area contributed by atoms with E-state index in [0.29, 0.717) is 6.04 Å². The Hall–Kier alpha value is -0.380. The van der Waals surface area contributed by atoms with Gasteiger partial charge in [0.1, 0.15) is 0 Å². The van der Waals surface area contributed by atoms with Crippen LogP contribution in [0.3, 0.4) is 0 Å². The van der Waals surface area contributed by atoms with Crippen LogP contribution in [0.2, 0.25) is 0 Å². The summed E-state index contributed by atoms with van der Waals surface area (Å²) in [6, 6.07) is 8.98. The highest BCUT2D eigenvalue weighted by atomic mass is 79.9. The van der Waals surface area contributed by atoms with Gasteiger partial charge in [0.05, 0.1) is 0 Å². The number of hydrazine groups is 1. The molecule has 0 amide bonds. The van der Waals surface area contributed by atoms with Crippen molar-refractivity contribution in [2.45, 2.75) is 45.1 Å². The maximum absolute atomic E-state index is 5.76. The lowest BCUT2D eigenvalue weighted by Gasteiger charge is -2.32. The molecule has 2 rings (SSSR count). The fourth-order valence-corrected chi connectivity index (χ4v) is 3.19. The van der Waals surface area contributed by atoms with Crippen LogP contribution in [0.25, 0.3) is 0 Å². The Labute approximate surface area is 118 Å². The van der Waals surface area contributed by atoms with E-state index in [1.54, 1.807) is 0 Å². The summed E-state index contributed by atoms with van der Waals surface area (Å²) in [6.07, 6.45) is 6.36. The van der Waals surface area contributed by atoms with Gasteiger partial charge in [0, 0.05) is 10.5 Å². The minimum atomic E-state index is 0.415. The number of benzene rings is 1. The first-order chi connectivity index (χ1) is 8.69. The zero-order chi connectivity index (χ0) is 13.0. The van der Waals surface area contributed by atoms with Crippen LogP contribution in [0.5, 0.6) is 0 Å². The Kier molecular flexibility index (Phi) is 5.22. The number of nitrogens with two attached hydrogens (primary N) is 1. The second-order valence-electron chi connectivity index (χ2n) is 5.62. The van der Waals surface area contributed by atoms with Gasteiger partial charge < -0.3 is 0 Å². The van der Waals surface area contributed by atoms with E-state index in [9.17, 15) is 0 Å². The van der Waals surface area contributed by atoms with Crippen LogP contribution in [-0.4, -0.2) is 6.04 Å². The van der Waals surface area contributed by atoms with E-state index in [1.165, 1.54) is 31.2 Å². The summed E-state index contributed by atoms with van der Waals surface area (Å²) in [5.74, 6) is 7.38. The fraction of sp³-hybridized carbons (Fsp3) is 0.600. The molecule has 0 aliphatic heterocycles. The summed E-state index contributed by atoms with van der Waals surface area (Å²) < 4.78 is 1.13. The van der Waals surface area contributed by atoms with Crippen molar-refractivity contribution in [3.05, 3.63) is 34.3 Å². The average molecular weight is 311 g/mol. The fourth-order valence-electron chi connectivity index (χ4n) is 2.92. The number of hydrogen-bond donors (Lipinski definition) is 2. The van der Waals surface area contributed by atoms with Crippen LogP contribution in [0.4, 0.5) is 0 Å². The molecule has 1 aromatic rings. The number of hydrogen-bond acceptors (Lipinski definition) is 2. The van der Waals surface area contributed by atoms with Crippen LogP contribution < -0.4 is 11.3 Å². The summed E-state index contributed by atoms with van der Waals surface area (Å²) in [5, 5.41) is 0. The summed E-state index contributed by atoms with van der Waals surface area (Å²) in [5.41, 5.74) is 4.40. The maximum atomic E-state index is 5.76. The molecule has 1 unspecified atom stereocenters. The van der Waals surface area contributed by atoms with Crippen LogP contribution in [0.1, 0.15) is 38.2 Å². The van der Waals surface area contributed by atoms with E-state index in [2.05, 4.69) is 52.5 Å². The van der Waals surface area contributed by atoms with Gasteiger partial charge in [-0.15, -0.1) is 0 Å². The van der Waals surface area contributed by atoms with Crippen LogP contribution in [0.15, 0.2) is 28.7 Å². The Bertz CT molecular complexity index is 355. The maximum Gasteiger partial charge on any atom is 0.0279 e. The lowest BCUT2D eigenvalue weighted by Crippen LogP contribution is -2.43. The number of halogens is 1. The first kappa shape index (κ1) is 14.0. The van der Waals surface area contributed by atoms with Crippen molar-refractivity contribution in [2.24, 2.45) is 17.7 Å². The number of nitrogens with one attached hydrogen (secondary N) is 1. The van der Waals surface area contributed by atoms with Crippen molar-refractivity contribution in [1.82, 2.24) is 5.43 Å². The minimum absolute atomic E-state index is 0.415. The second-order valence-corrected chi connectivity index (χ2v) is 6.54. The van der Waals surface area contributed by atoms with Crippen molar-refractivity contribution in [3.63, 3.8) is 0 Å². The zero-order valence-corrected chi connectivity index (χ0v) is 12.6. The summed E-state index contributed by atoms with van der Waals surface area (Å²) in [4.78, 5) is 0. The van der Waals surface area contributed by atoms with Gasteiger partial charge >= 0.3 is 0 Å². The minimum Gasteiger partial charge on any atom is -0.271 e. The van der Waals surface area contributed by atoms with Crippen molar-refractivity contribution in [3.8, 4) is 0 Å². The SMILES string of the molecule is CC1CCC(C(Cc2ccc(Br)cc2)NN)CC1. The molecule has 0 spiro atoms. The second kappa shape index (κ2) is 6.69. The molecule has 1 saturated carbocycles. The van der Waals surface area contributed by atoms with Gasteiger partial charge in [-0.25, -0.2) is 0 Å². The van der Waals surface area contributed by atoms with Crippen molar-refractivity contribution < 1.29 is 0 Å². The molecule has 3 heteroatoms. The first-order valence-electron chi connectivity index (χ1n) is 6.89. The largest absolute Gasteiger partial charge is 0.271 e. The van der Waals surface area contributed by atoms with Gasteiger partial charge in [-0.05, 0) is 48.8 Å². The molecule has 18 heavy (non-hydrogen) atoms. The highest BCUT2D eigenvalue weighted by Crippen LogP contribution is 2.31. The molecule has 1 atom stereocenters. The molecule has 100 valence electrons. The Balaban J connectivity index is 1.94. The average Bonchev–Trinajstić information content (AvgIpc) is 2.39. The molecule has 1 aliphatic carbocycles. The van der Waals surface area contributed by atoms with E-state index in [-0.39, 0.29) is 0 Å². The molecule has 0 saturated heterocycles. The monoisotopic (exact) mass is 310 g/mol. The molecule has 1 aliphatic rings. The molecule has 1 fully saturated rings. The van der Waals surface area contributed by atoms with Crippen molar-refractivity contribution >= 4 is 15.9 Å². The molecule has 0 heterocycles. The van der Waals surface area contributed by atoms with Gasteiger partial charge in [-0.2, -0.15) is 0 Å².